The fraction of sp³-hybridized carbons (Fsp3) is 0.417. The number of nitrogens with zero attached hydrogens (tertiary/aromatic N) is 2. The Morgan fingerprint density at radius 2 is 1.81 bits per heavy atom. The number of hydrogen-bond acceptors (Lipinski definition) is 3. The van der Waals surface area contributed by atoms with Crippen LogP contribution in [0.1, 0.15) is 11.6 Å². The quantitative estimate of drug-likeness (QED) is 0.849. The predicted octanol–water partition coefficient (Wildman–Crippen LogP) is 1.58. The van der Waals surface area contributed by atoms with Gasteiger partial charge in [-0.1, -0.05) is 30.3 Å². The van der Waals surface area contributed by atoms with Crippen molar-refractivity contribution >= 4 is 12.4 Å². The minimum atomic E-state index is -0.0895. The molecule has 0 spiro atoms. The van der Waals surface area contributed by atoms with Crippen LogP contribution >= 0.6 is 12.4 Å². The maximum Gasteiger partial charge on any atom is 0.123 e. The Bertz CT molecular complexity index is 341. The van der Waals surface area contributed by atoms with Crippen LogP contribution < -0.4 is 5.32 Å². The van der Waals surface area contributed by atoms with Gasteiger partial charge in [-0.15, -0.1) is 12.4 Å². The lowest BCUT2D eigenvalue weighted by atomic mass is 10.1. The molecule has 1 N–H and O–H groups in total. The standard InChI is InChI=1S/C12H15N3.ClH/c13-10-12(11-4-2-1-3-5-11)15-8-6-14-7-9-15;/h1-5,12,14H,6-9H2;1H. The van der Waals surface area contributed by atoms with Crippen molar-refractivity contribution < 1.29 is 0 Å². The van der Waals surface area contributed by atoms with E-state index in [0.717, 1.165) is 31.7 Å². The SMILES string of the molecule is Cl.N#CC(c1ccccc1)N1CCNCC1. The van der Waals surface area contributed by atoms with Gasteiger partial charge in [-0.3, -0.25) is 4.90 Å². The zero-order valence-electron chi connectivity index (χ0n) is 9.10. The highest BCUT2D eigenvalue weighted by Crippen LogP contribution is 2.19. The van der Waals surface area contributed by atoms with Gasteiger partial charge in [-0.2, -0.15) is 5.26 Å². The summed E-state index contributed by atoms with van der Waals surface area (Å²) in [4.78, 5) is 2.23. The summed E-state index contributed by atoms with van der Waals surface area (Å²) in [5.74, 6) is 0. The largest absolute Gasteiger partial charge is 0.314 e. The second kappa shape index (κ2) is 6.49. The molecule has 1 aliphatic rings. The molecule has 0 aliphatic carbocycles. The van der Waals surface area contributed by atoms with Crippen LogP contribution in [0.15, 0.2) is 30.3 Å². The van der Waals surface area contributed by atoms with Crippen molar-refractivity contribution in [2.75, 3.05) is 26.2 Å². The van der Waals surface area contributed by atoms with E-state index in [0.29, 0.717) is 0 Å². The van der Waals surface area contributed by atoms with E-state index >= 15 is 0 Å². The van der Waals surface area contributed by atoms with Crippen LogP contribution in [0.4, 0.5) is 0 Å². The van der Waals surface area contributed by atoms with Crippen molar-refractivity contribution in [2.24, 2.45) is 0 Å². The first-order valence-electron chi connectivity index (χ1n) is 5.31. The zero-order valence-corrected chi connectivity index (χ0v) is 9.91. The van der Waals surface area contributed by atoms with Gasteiger partial charge >= 0.3 is 0 Å². The lowest BCUT2D eigenvalue weighted by molar-refractivity contribution is 0.207. The number of rotatable bonds is 2. The molecule has 86 valence electrons. The third kappa shape index (κ3) is 2.96. The van der Waals surface area contributed by atoms with Crippen LogP contribution in [0, 0.1) is 11.3 Å². The fourth-order valence-electron chi connectivity index (χ4n) is 1.94. The normalized spacial score (nSPS) is 18.2. The molecule has 1 fully saturated rings. The van der Waals surface area contributed by atoms with E-state index in [2.05, 4.69) is 16.3 Å². The smallest absolute Gasteiger partial charge is 0.123 e. The van der Waals surface area contributed by atoms with Crippen LogP contribution in [-0.4, -0.2) is 31.1 Å². The molecule has 0 saturated carbocycles. The van der Waals surface area contributed by atoms with Crippen molar-refractivity contribution in [1.82, 2.24) is 10.2 Å². The van der Waals surface area contributed by atoms with E-state index in [9.17, 15) is 5.26 Å². The fourth-order valence-corrected chi connectivity index (χ4v) is 1.94. The summed E-state index contributed by atoms with van der Waals surface area (Å²) in [5.41, 5.74) is 1.10. The summed E-state index contributed by atoms with van der Waals surface area (Å²) in [7, 11) is 0. The van der Waals surface area contributed by atoms with E-state index in [1.165, 1.54) is 0 Å². The molecule has 1 saturated heterocycles. The van der Waals surface area contributed by atoms with Crippen LogP contribution in [-0.2, 0) is 0 Å². The molecular formula is C12H16ClN3. The van der Waals surface area contributed by atoms with Gasteiger partial charge in [-0.25, -0.2) is 0 Å². The van der Waals surface area contributed by atoms with Gasteiger partial charge in [0.1, 0.15) is 6.04 Å². The summed E-state index contributed by atoms with van der Waals surface area (Å²) in [5, 5.41) is 12.5. The van der Waals surface area contributed by atoms with Gasteiger partial charge in [0.25, 0.3) is 0 Å². The second-order valence-electron chi connectivity index (χ2n) is 3.73. The molecule has 1 heterocycles. The molecule has 0 bridgehead atoms. The average molecular weight is 238 g/mol. The van der Waals surface area contributed by atoms with E-state index in [1.807, 2.05) is 30.3 Å². The summed E-state index contributed by atoms with van der Waals surface area (Å²) in [6.07, 6.45) is 0. The Morgan fingerprint density at radius 1 is 1.19 bits per heavy atom. The minimum absolute atomic E-state index is 0. The molecule has 0 radical (unpaired) electrons. The summed E-state index contributed by atoms with van der Waals surface area (Å²) in [6, 6.07) is 12.3. The van der Waals surface area contributed by atoms with Crippen molar-refractivity contribution in [3.05, 3.63) is 35.9 Å². The Hall–Kier alpha value is -1.08. The first-order chi connectivity index (χ1) is 7.42. The zero-order chi connectivity index (χ0) is 10.5. The molecule has 4 heteroatoms. The van der Waals surface area contributed by atoms with Gasteiger partial charge < -0.3 is 5.32 Å². The molecule has 1 aromatic carbocycles. The summed E-state index contributed by atoms with van der Waals surface area (Å²) >= 11 is 0. The third-order valence-electron chi connectivity index (χ3n) is 2.75. The highest BCUT2D eigenvalue weighted by Gasteiger charge is 2.20. The number of benzene rings is 1. The monoisotopic (exact) mass is 237 g/mol. The maximum atomic E-state index is 9.22. The van der Waals surface area contributed by atoms with Gasteiger partial charge in [0.15, 0.2) is 0 Å². The molecule has 0 amide bonds. The molecule has 2 rings (SSSR count). The van der Waals surface area contributed by atoms with Crippen molar-refractivity contribution in [3.63, 3.8) is 0 Å². The third-order valence-corrected chi connectivity index (χ3v) is 2.75. The minimum Gasteiger partial charge on any atom is -0.314 e. The van der Waals surface area contributed by atoms with Gasteiger partial charge in [-0.05, 0) is 5.56 Å². The van der Waals surface area contributed by atoms with E-state index in [1.54, 1.807) is 0 Å². The molecule has 1 atom stereocenters. The maximum absolute atomic E-state index is 9.22. The number of hydrogen-bond donors (Lipinski definition) is 1. The number of nitrogens with one attached hydrogen (secondary N) is 1. The predicted molar refractivity (Wildman–Crippen MR) is 66.5 cm³/mol. The molecule has 1 aromatic rings. The lowest BCUT2D eigenvalue weighted by Gasteiger charge is -2.31. The van der Waals surface area contributed by atoms with Crippen molar-refractivity contribution in [1.29, 1.82) is 5.26 Å². The summed E-state index contributed by atoms with van der Waals surface area (Å²) in [6.45, 7) is 3.86. The first-order valence-corrected chi connectivity index (χ1v) is 5.31. The van der Waals surface area contributed by atoms with Crippen LogP contribution in [0.2, 0.25) is 0 Å². The first kappa shape index (κ1) is 13.0. The van der Waals surface area contributed by atoms with Gasteiger partial charge in [0.2, 0.25) is 0 Å². The van der Waals surface area contributed by atoms with Crippen LogP contribution in [0.5, 0.6) is 0 Å². The number of piperazine rings is 1. The summed E-state index contributed by atoms with van der Waals surface area (Å²) < 4.78 is 0. The molecule has 16 heavy (non-hydrogen) atoms. The molecule has 3 nitrogen and oxygen atoms in total. The topological polar surface area (TPSA) is 39.1 Å². The number of halogens is 1. The van der Waals surface area contributed by atoms with Gasteiger partial charge in [0.05, 0.1) is 6.07 Å². The lowest BCUT2D eigenvalue weighted by Crippen LogP contribution is -2.44. The Kier molecular flexibility index (Phi) is 5.27. The second-order valence-corrected chi connectivity index (χ2v) is 3.73. The molecule has 1 aliphatic heterocycles. The highest BCUT2D eigenvalue weighted by atomic mass is 35.5. The Morgan fingerprint density at radius 3 is 2.38 bits per heavy atom. The Labute approximate surface area is 102 Å². The Balaban J connectivity index is 0.00000128. The molecular weight excluding hydrogens is 222 g/mol. The van der Waals surface area contributed by atoms with E-state index in [-0.39, 0.29) is 18.4 Å². The highest BCUT2D eigenvalue weighted by molar-refractivity contribution is 5.85. The number of nitriles is 1. The van der Waals surface area contributed by atoms with Crippen LogP contribution in [0.3, 0.4) is 0 Å². The van der Waals surface area contributed by atoms with Crippen molar-refractivity contribution in [3.8, 4) is 6.07 Å². The van der Waals surface area contributed by atoms with Crippen molar-refractivity contribution in [2.45, 2.75) is 6.04 Å². The molecule has 1 unspecified atom stereocenters. The molecule has 0 aromatic heterocycles. The van der Waals surface area contributed by atoms with E-state index < -0.39 is 0 Å². The average Bonchev–Trinajstić information content (AvgIpc) is 2.33. The van der Waals surface area contributed by atoms with Crippen LogP contribution in [0.25, 0.3) is 0 Å². The van der Waals surface area contributed by atoms with E-state index in [4.69, 9.17) is 0 Å². The van der Waals surface area contributed by atoms with Gasteiger partial charge in [0, 0.05) is 26.2 Å².